The zero-order valence-electron chi connectivity index (χ0n) is 7.49. The second-order valence-electron chi connectivity index (χ2n) is 2.66. The summed E-state index contributed by atoms with van der Waals surface area (Å²) in [5.41, 5.74) is 3.01. The van der Waals surface area contributed by atoms with Crippen molar-refractivity contribution in [1.29, 1.82) is 5.26 Å². The van der Waals surface area contributed by atoms with E-state index in [-0.39, 0.29) is 0 Å². The van der Waals surface area contributed by atoms with Crippen LogP contribution in [0, 0.1) is 11.3 Å². The topological polar surface area (TPSA) is 96.8 Å². The average molecular weight is 268 g/mol. The van der Waals surface area contributed by atoms with E-state index in [1.807, 2.05) is 0 Å². The van der Waals surface area contributed by atoms with Crippen molar-refractivity contribution < 1.29 is 17.2 Å². The summed E-state index contributed by atoms with van der Waals surface area (Å²) >= 11 is 0. The Kier molecular flexibility index (Phi) is 3.30. The molecular weight excluding hydrogens is 264 g/mol. The summed E-state index contributed by atoms with van der Waals surface area (Å²) < 4.78 is 47.0. The molecule has 0 aromatic carbocycles. The van der Waals surface area contributed by atoms with Crippen LogP contribution in [0.1, 0.15) is 17.6 Å². The minimum atomic E-state index is -4.37. The van der Waals surface area contributed by atoms with Gasteiger partial charge in [-0.3, -0.25) is 0 Å². The molecule has 2 N–H and O–H groups in total. The fourth-order valence-electron chi connectivity index (χ4n) is 1.05. The molecule has 0 amide bonds. The first-order valence-corrected chi connectivity index (χ1v) is 6.01. The van der Waals surface area contributed by atoms with Gasteiger partial charge in [-0.05, 0) is 0 Å². The Labute approximate surface area is 93.9 Å². The van der Waals surface area contributed by atoms with Gasteiger partial charge >= 0.3 is 0 Å². The van der Waals surface area contributed by atoms with E-state index < -0.39 is 37.3 Å². The van der Waals surface area contributed by atoms with Crippen molar-refractivity contribution >= 4 is 25.4 Å². The van der Waals surface area contributed by atoms with Crippen molar-refractivity contribution in [3.8, 4) is 6.07 Å². The second kappa shape index (κ2) is 4.19. The van der Waals surface area contributed by atoms with Crippen LogP contribution < -0.4 is 5.73 Å². The van der Waals surface area contributed by atoms with Gasteiger partial charge in [-0.1, -0.05) is 0 Å². The number of nitrogen functional groups attached to an aromatic ring is 1. The fourth-order valence-corrected chi connectivity index (χ4v) is 1.98. The van der Waals surface area contributed by atoms with Crippen LogP contribution in [0.2, 0.25) is 0 Å². The Balaban J connectivity index is 3.72. The monoisotopic (exact) mass is 267 g/mol. The normalized spacial score (nSPS) is 11.4. The molecule has 0 radical (unpaired) electrons. The van der Waals surface area contributed by atoms with Crippen molar-refractivity contribution in [2.45, 2.75) is 11.5 Å². The van der Waals surface area contributed by atoms with Crippen LogP contribution in [-0.4, -0.2) is 13.4 Å². The van der Waals surface area contributed by atoms with E-state index in [9.17, 15) is 17.2 Å². The number of nitrogens with two attached hydrogens (primary N) is 1. The Hall–Kier alpha value is -1.46. The lowest BCUT2D eigenvalue weighted by Crippen LogP contribution is -2.07. The first-order valence-electron chi connectivity index (χ1n) is 3.70. The molecule has 0 aliphatic carbocycles. The van der Waals surface area contributed by atoms with Gasteiger partial charge in [-0.2, -0.15) is 5.26 Å². The number of hydrogen-bond acceptors (Lipinski definition) is 5. The number of nitrogens with zero attached hydrogens (tertiary/aromatic N) is 2. The maximum absolute atomic E-state index is 12.5. The summed E-state index contributed by atoms with van der Waals surface area (Å²) in [6, 6.07) is 1.31. The molecule has 0 unspecified atom stereocenters. The molecule has 5 nitrogen and oxygen atoms in total. The average Bonchev–Trinajstić information content (AvgIpc) is 2.14. The van der Waals surface area contributed by atoms with Crippen LogP contribution in [0.5, 0.6) is 0 Å². The van der Waals surface area contributed by atoms with E-state index in [1.165, 1.54) is 6.07 Å². The lowest BCUT2D eigenvalue weighted by atomic mass is 10.1. The van der Waals surface area contributed by atoms with Gasteiger partial charge in [0.1, 0.15) is 11.6 Å². The van der Waals surface area contributed by atoms with E-state index in [2.05, 4.69) is 4.98 Å². The third kappa shape index (κ3) is 2.20. The van der Waals surface area contributed by atoms with Crippen LogP contribution in [0.15, 0.2) is 11.2 Å². The molecule has 0 aliphatic heterocycles. The van der Waals surface area contributed by atoms with Gasteiger partial charge < -0.3 is 5.73 Å². The van der Waals surface area contributed by atoms with Crippen LogP contribution in [0.3, 0.4) is 0 Å². The standard InChI is InChI=1S/C7H4ClF2N3O2S/c8-16(14,15)7-3(1-11)5(6(9)10)4(12)2-13-7/h2,6H,12H2. The van der Waals surface area contributed by atoms with Gasteiger partial charge in [0, 0.05) is 10.7 Å². The summed E-state index contributed by atoms with van der Waals surface area (Å²) in [6.07, 6.45) is -2.37. The van der Waals surface area contributed by atoms with E-state index in [4.69, 9.17) is 21.7 Å². The highest BCUT2D eigenvalue weighted by Gasteiger charge is 2.26. The van der Waals surface area contributed by atoms with Crippen molar-refractivity contribution in [1.82, 2.24) is 4.98 Å². The molecule has 0 saturated heterocycles. The molecule has 0 bridgehead atoms. The second-order valence-corrected chi connectivity index (χ2v) is 5.14. The SMILES string of the molecule is N#Cc1c(S(=O)(=O)Cl)ncc(N)c1C(F)F. The van der Waals surface area contributed by atoms with Crippen molar-refractivity contribution in [2.24, 2.45) is 0 Å². The van der Waals surface area contributed by atoms with E-state index in [1.54, 1.807) is 0 Å². The number of hydrogen-bond donors (Lipinski definition) is 1. The first-order chi connectivity index (χ1) is 7.29. The number of pyridine rings is 1. The zero-order chi connectivity index (χ0) is 12.5. The molecule has 0 saturated carbocycles. The van der Waals surface area contributed by atoms with Crippen molar-refractivity contribution in [3.63, 3.8) is 0 Å². The molecule has 16 heavy (non-hydrogen) atoms. The van der Waals surface area contributed by atoms with Gasteiger partial charge in [0.15, 0.2) is 5.03 Å². The number of anilines is 1. The summed E-state index contributed by atoms with van der Waals surface area (Å²) in [7, 11) is 0.576. The summed E-state index contributed by atoms with van der Waals surface area (Å²) in [4.78, 5) is 3.26. The minimum absolute atomic E-state index is 0.462. The molecule has 0 spiro atoms. The third-order valence-corrected chi connectivity index (χ3v) is 2.89. The Bertz CT molecular complexity index is 568. The van der Waals surface area contributed by atoms with Crippen molar-refractivity contribution in [2.75, 3.05) is 5.73 Å². The smallest absolute Gasteiger partial charge is 0.280 e. The predicted molar refractivity (Wildman–Crippen MR) is 51.4 cm³/mol. The Morgan fingerprint density at radius 2 is 2.12 bits per heavy atom. The maximum Gasteiger partial charge on any atom is 0.280 e. The number of rotatable bonds is 2. The summed E-state index contributed by atoms with van der Waals surface area (Å²) in [5.74, 6) is 0. The van der Waals surface area contributed by atoms with E-state index in [0.29, 0.717) is 0 Å². The molecule has 1 heterocycles. The molecule has 0 aliphatic rings. The third-order valence-electron chi connectivity index (χ3n) is 1.68. The van der Waals surface area contributed by atoms with E-state index >= 15 is 0 Å². The predicted octanol–water partition coefficient (Wildman–Crippen LogP) is 1.40. The van der Waals surface area contributed by atoms with Crippen LogP contribution in [0.4, 0.5) is 14.5 Å². The number of halogens is 3. The van der Waals surface area contributed by atoms with Crippen molar-refractivity contribution in [3.05, 3.63) is 17.3 Å². The first kappa shape index (κ1) is 12.6. The van der Waals surface area contributed by atoms with Crippen LogP contribution in [0.25, 0.3) is 0 Å². The van der Waals surface area contributed by atoms with E-state index in [0.717, 1.165) is 6.20 Å². The molecular formula is C7H4ClF2N3O2S. The number of alkyl halides is 2. The molecule has 1 rings (SSSR count). The number of aromatic nitrogens is 1. The molecule has 0 fully saturated rings. The molecule has 0 atom stereocenters. The maximum atomic E-state index is 12.5. The Morgan fingerprint density at radius 3 is 2.50 bits per heavy atom. The molecule has 86 valence electrons. The van der Waals surface area contributed by atoms with Gasteiger partial charge in [0.2, 0.25) is 0 Å². The van der Waals surface area contributed by atoms with Gasteiger partial charge in [-0.15, -0.1) is 0 Å². The highest BCUT2D eigenvalue weighted by atomic mass is 35.7. The van der Waals surface area contributed by atoms with Gasteiger partial charge in [0.05, 0.1) is 17.4 Å². The summed E-state index contributed by atoms with van der Waals surface area (Å²) in [5, 5.41) is 7.72. The largest absolute Gasteiger partial charge is 0.397 e. The van der Waals surface area contributed by atoms with Gasteiger partial charge in [0.25, 0.3) is 15.5 Å². The van der Waals surface area contributed by atoms with Crippen LogP contribution in [-0.2, 0) is 9.05 Å². The molecule has 1 aromatic rings. The molecule has 9 heteroatoms. The fraction of sp³-hybridized carbons (Fsp3) is 0.143. The number of nitriles is 1. The quantitative estimate of drug-likeness (QED) is 0.817. The zero-order valence-corrected chi connectivity index (χ0v) is 9.06. The minimum Gasteiger partial charge on any atom is -0.397 e. The lowest BCUT2D eigenvalue weighted by molar-refractivity contribution is 0.151. The highest BCUT2D eigenvalue weighted by Crippen LogP contribution is 2.31. The summed E-state index contributed by atoms with van der Waals surface area (Å²) in [6.45, 7) is 0. The van der Waals surface area contributed by atoms with Gasteiger partial charge in [-0.25, -0.2) is 22.2 Å². The molecule has 1 aromatic heterocycles. The Morgan fingerprint density at radius 1 is 1.56 bits per heavy atom. The highest BCUT2D eigenvalue weighted by molar-refractivity contribution is 8.13. The lowest BCUT2D eigenvalue weighted by Gasteiger charge is -2.08. The van der Waals surface area contributed by atoms with Crippen LogP contribution >= 0.6 is 10.7 Å².